The summed E-state index contributed by atoms with van der Waals surface area (Å²) in [5, 5.41) is 14.1. The van der Waals surface area contributed by atoms with Gasteiger partial charge in [-0.25, -0.2) is 4.79 Å². The van der Waals surface area contributed by atoms with E-state index in [1.807, 2.05) is 6.07 Å². The van der Waals surface area contributed by atoms with E-state index in [-0.39, 0.29) is 16.4 Å². The first-order chi connectivity index (χ1) is 13.8. The molecule has 0 saturated heterocycles. The summed E-state index contributed by atoms with van der Waals surface area (Å²) in [6.45, 7) is 3.15. The highest BCUT2D eigenvalue weighted by atomic mass is 35.5. The number of rotatable bonds is 5. The molecule has 2 aromatic carbocycles. The second kappa shape index (κ2) is 8.24. The van der Waals surface area contributed by atoms with Crippen LogP contribution in [0, 0.1) is 17.0 Å². The van der Waals surface area contributed by atoms with Crippen LogP contribution in [0.2, 0.25) is 5.02 Å². The standard InChI is InChI=1S/C20H16ClN3O5/c1-11-9-15(14-5-3-4-6-17(14)22-11)20(26)29-12(2)19(25)23-18-10-13(24(27)28)7-8-16(18)21/h3-10,12H,1-2H3,(H,23,25)/t12-/m1/s1. The predicted octanol–water partition coefficient (Wildman–Crippen LogP) is 4.29. The van der Waals surface area contributed by atoms with Crippen LogP contribution in [0.3, 0.4) is 0 Å². The van der Waals surface area contributed by atoms with Crippen LogP contribution < -0.4 is 5.32 Å². The topological polar surface area (TPSA) is 111 Å². The highest BCUT2D eigenvalue weighted by Crippen LogP contribution is 2.27. The highest BCUT2D eigenvalue weighted by molar-refractivity contribution is 6.33. The van der Waals surface area contributed by atoms with Gasteiger partial charge in [-0.05, 0) is 32.0 Å². The van der Waals surface area contributed by atoms with Gasteiger partial charge in [-0.1, -0.05) is 29.8 Å². The number of carbonyl (C=O) groups excluding carboxylic acids is 2. The van der Waals surface area contributed by atoms with E-state index >= 15 is 0 Å². The molecule has 3 rings (SSSR count). The number of aromatic nitrogens is 1. The van der Waals surface area contributed by atoms with Crippen LogP contribution in [0.5, 0.6) is 0 Å². The molecule has 0 radical (unpaired) electrons. The lowest BCUT2D eigenvalue weighted by atomic mass is 10.1. The molecule has 0 aliphatic carbocycles. The fourth-order valence-electron chi connectivity index (χ4n) is 2.71. The number of nitrogens with one attached hydrogen (secondary N) is 1. The summed E-state index contributed by atoms with van der Waals surface area (Å²) in [5.74, 6) is -1.35. The number of pyridine rings is 1. The van der Waals surface area contributed by atoms with Gasteiger partial charge >= 0.3 is 5.97 Å². The normalized spacial score (nSPS) is 11.7. The number of esters is 1. The first-order valence-electron chi connectivity index (χ1n) is 8.58. The van der Waals surface area contributed by atoms with Gasteiger partial charge in [0.15, 0.2) is 6.10 Å². The number of aryl methyl sites for hydroxylation is 1. The van der Waals surface area contributed by atoms with Gasteiger partial charge in [-0.2, -0.15) is 0 Å². The van der Waals surface area contributed by atoms with Crippen molar-refractivity contribution in [2.24, 2.45) is 0 Å². The summed E-state index contributed by atoms with van der Waals surface area (Å²) in [5.41, 5.74) is 1.39. The van der Waals surface area contributed by atoms with E-state index in [1.54, 1.807) is 31.2 Å². The SMILES string of the molecule is Cc1cc(C(=O)O[C@H](C)C(=O)Nc2cc([N+](=O)[O-])ccc2Cl)c2ccccc2n1. The maximum absolute atomic E-state index is 12.6. The van der Waals surface area contributed by atoms with Crippen molar-refractivity contribution in [3.05, 3.63) is 74.9 Å². The molecule has 1 N–H and O–H groups in total. The molecule has 1 amide bonds. The Morgan fingerprint density at radius 3 is 2.66 bits per heavy atom. The van der Waals surface area contributed by atoms with Crippen LogP contribution in [0.15, 0.2) is 48.5 Å². The van der Waals surface area contributed by atoms with Crippen molar-refractivity contribution in [1.82, 2.24) is 4.98 Å². The summed E-state index contributed by atoms with van der Waals surface area (Å²) < 4.78 is 5.30. The molecule has 148 valence electrons. The lowest BCUT2D eigenvalue weighted by Crippen LogP contribution is -2.30. The Labute approximate surface area is 170 Å². The van der Waals surface area contributed by atoms with Crippen molar-refractivity contribution in [2.45, 2.75) is 20.0 Å². The van der Waals surface area contributed by atoms with Crippen molar-refractivity contribution >= 4 is 45.8 Å². The van der Waals surface area contributed by atoms with Crippen molar-refractivity contribution in [3.63, 3.8) is 0 Å². The van der Waals surface area contributed by atoms with E-state index in [2.05, 4.69) is 10.3 Å². The number of non-ortho nitro benzene ring substituents is 1. The third-order valence-corrected chi connectivity index (χ3v) is 4.47. The van der Waals surface area contributed by atoms with Crippen LogP contribution >= 0.6 is 11.6 Å². The molecule has 0 spiro atoms. The number of amides is 1. The van der Waals surface area contributed by atoms with Crippen LogP contribution in [0.1, 0.15) is 23.0 Å². The number of benzene rings is 2. The molecular weight excluding hydrogens is 398 g/mol. The maximum atomic E-state index is 12.6. The fourth-order valence-corrected chi connectivity index (χ4v) is 2.88. The monoisotopic (exact) mass is 413 g/mol. The third-order valence-electron chi connectivity index (χ3n) is 4.14. The van der Waals surface area contributed by atoms with Gasteiger partial charge in [0.1, 0.15) is 0 Å². The van der Waals surface area contributed by atoms with Gasteiger partial charge in [-0.3, -0.25) is 19.9 Å². The Balaban J connectivity index is 1.78. The second-order valence-corrected chi connectivity index (χ2v) is 6.69. The minimum absolute atomic E-state index is 0.0546. The van der Waals surface area contributed by atoms with Crippen LogP contribution in [-0.2, 0) is 9.53 Å². The number of para-hydroxylation sites is 1. The zero-order valence-electron chi connectivity index (χ0n) is 15.5. The molecular formula is C20H16ClN3O5. The number of nitro groups is 1. The smallest absolute Gasteiger partial charge is 0.339 e. The lowest BCUT2D eigenvalue weighted by molar-refractivity contribution is -0.384. The largest absolute Gasteiger partial charge is 0.449 e. The van der Waals surface area contributed by atoms with E-state index in [4.69, 9.17) is 16.3 Å². The number of carbonyl (C=O) groups is 2. The van der Waals surface area contributed by atoms with E-state index in [9.17, 15) is 19.7 Å². The molecule has 0 aliphatic heterocycles. The van der Waals surface area contributed by atoms with Crippen LogP contribution in [0.4, 0.5) is 11.4 Å². The number of hydrogen-bond acceptors (Lipinski definition) is 6. The molecule has 9 heteroatoms. The molecule has 1 atom stereocenters. The summed E-state index contributed by atoms with van der Waals surface area (Å²) >= 11 is 5.98. The average Bonchev–Trinajstić information content (AvgIpc) is 2.68. The maximum Gasteiger partial charge on any atom is 0.339 e. The molecule has 0 aliphatic rings. The number of anilines is 1. The minimum Gasteiger partial charge on any atom is -0.449 e. The molecule has 3 aromatic rings. The Morgan fingerprint density at radius 1 is 1.21 bits per heavy atom. The first-order valence-corrected chi connectivity index (χ1v) is 8.96. The molecule has 0 saturated carbocycles. The molecule has 0 unspecified atom stereocenters. The molecule has 0 fully saturated rings. The Kier molecular flexibility index (Phi) is 5.74. The summed E-state index contributed by atoms with van der Waals surface area (Å²) in [4.78, 5) is 39.7. The average molecular weight is 414 g/mol. The van der Waals surface area contributed by atoms with Crippen molar-refractivity contribution in [3.8, 4) is 0 Å². The van der Waals surface area contributed by atoms with E-state index in [0.717, 1.165) is 6.07 Å². The van der Waals surface area contributed by atoms with E-state index in [0.29, 0.717) is 22.2 Å². The number of halogens is 1. The molecule has 0 bridgehead atoms. The number of ether oxygens (including phenoxy) is 1. The molecule has 1 heterocycles. The summed E-state index contributed by atoms with van der Waals surface area (Å²) in [6, 6.07) is 12.3. The summed E-state index contributed by atoms with van der Waals surface area (Å²) in [7, 11) is 0. The number of nitro benzene ring substituents is 1. The zero-order valence-corrected chi connectivity index (χ0v) is 16.3. The van der Waals surface area contributed by atoms with Crippen LogP contribution in [-0.4, -0.2) is 27.9 Å². The fraction of sp³-hybridized carbons (Fsp3) is 0.150. The Morgan fingerprint density at radius 2 is 1.93 bits per heavy atom. The Hall–Kier alpha value is -3.52. The number of hydrogen-bond donors (Lipinski definition) is 1. The molecule has 8 nitrogen and oxygen atoms in total. The first kappa shape index (κ1) is 20.2. The van der Waals surface area contributed by atoms with Gasteiger partial charge in [-0.15, -0.1) is 0 Å². The number of nitrogens with zero attached hydrogens (tertiary/aromatic N) is 2. The van der Waals surface area contributed by atoms with Gasteiger partial charge in [0.2, 0.25) is 0 Å². The zero-order chi connectivity index (χ0) is 21.1. The van der Waals surface area contributed by atoms with Crippen molar-refractivity contribution in [1.29, 1.82) is 0 Å². The van der Waals surface area contributed by atoms with Crippen molar-refractivity contribution in [2.75, 3.05) is 5.32 Å². The van der Waals surface area contributed by atoms with Crippen LogP contribution in [0.25, 0.3) is 10.9 Å². The lowest BCUT2D eigenvalue weighted by Gasteiger charge is -2.15. The highest BCUT2D eigenvalue weighted by Gasteiger charge is 2.22. The summed E-state index contributed by atoms with van der Waals surface area (Å²) in [6.07, 6.45) is -1.16. The second-order valence-electron chi connectivity index (χ2n) is 6.29. The van der Waals surface area contributed by atoms with Gasteiger partial charge < -0.3 is 10.1 Å². The third kappa shape index (κ3) is 4.49. The van der Waals surface area contributed by atoms with Gasteiger partial charge in [0, 0.05) is 23.2 Å². The molecule has 1 aromatic heterocycles. The predicted molar refractivity (Wildman–Crippen MR) is 108 cm³/mol. The quantitative estimate of drug-likeness (QED) is 0.379. The minimum atomic E-state index is -1.16. The van der Waals surface area contributed by atoms with E-state index < -0.39 is 22.9 Å². The number of fused-ring (bicyclic) bond motifs is 1. The van der Waals surface area contributed by atoms with Crippen molar-refractivity contribution < 1.29 is 19.2 Å². The van der Waals surface area contributed by atoms with Gasteiger partial charge in [0.25, 0.3) is 11.6 Å². The Bertz CT molecular complexity index is 1130. The van der Waals surface area contributed by atoms with E-state index in [1.165, 1.54) is 19.1 Å². The van der Waals surface area contributed by atoms with Gasteiger partial charge in [0.05, 0.1) is 26.7 Å². The molecule has 29 heavy (non-hydrogen) atoms.